The van der Waals surface area contributed by atoms with Gasteiger partial charge in [0.2, 0.25) is 5.95 Å². The van der Waals surface area contributed by atoms with Gasteiger partial charge in [-0.25, -0.2) is 4.68 Å². The third-order valence-corrected chi connectivity index (χ3v) is 5.52. The number of nitrogens with one attached hydrogen (secondary N) is 2. The van der Waals surface area contributed by atoms with Crippen LogP contribution in [0.3, 0.4) is 0 Å². The molecule has 0 saturated carbocycles. The summed E-state index contributed by atoms with van der Waals surface area (Å²) >= 11 is 6.06. The maximum Gasteiger partial charge on any atom is 0.258 e. The summed E-state index contributed by atoms with van der Waals surface area (Å²) in [6.45, 7) is 1.95. The highest BCUT2D eigenvalue weighted by Crippen LogP contribution is 2.33. The zero-order chi connectivity index (χ0) is 22.1. The summed E-state index contributed by atoms with van der Waals surface area (Å²) in [5.74, 6) is 0.537. The quantitative estimate of drug-likeness (QED) is 0.379. The van der Waals surface area contributed by atoms with E-state index in [0.29, 0.717) is 16.5 Å². The first-order chi connectivity index (χ1) is 15.6. The second-order valence-corrected chi connectivity index (χ2v) is 8.03. The van der Waals surface area contributed by atoms with Crippen LogP contribution in [0.1, 0.15) is 33.1 Å². The first-order valence-electron chi connectivity index (χ1n) is 10.2. The zero-order valence-corrected chi connectivity index (χ0v) is 19.3. The van der Waals surface area contributed by atoms with Crippen LogP contribution < -0.4 is 10.6 Å². The van der Waals surface area contributed by atoms with Crippen LogP contribution in [-0.2, 0) is 0 Å². The molecule has 1 aliphatic rings. The Morgan fingerprint density at radius 3 is 2.52 bits per heavy atom. The van der Waals surface area contributed by atoms with Crippen LogP contribution in [0, 0.1) is 6.92 Å². The van der Waals surface area contributed by atoms with E-state index in [1.165, 1.54) is 0 Å². The van der Waals surface area contributed by atoms with Gasteiger partial charge in [-0.15, -0.1) is 17.5 Å². The minimum atomic E-state index is -0.251. The Hall–Kier alpha value is -3.61. The van der Waals surface area contributed by atoms with E-state index < -0.39 is 0 Å². The number of allylic oxidation sites excluding steroid dienone is 1. The molecule has 5 rings (SSSR count). The van der Waals surface area contributed by atoms with Gasteiger partial charge in [-0.3, -0.25) is 10.1 Å². The molecular weight excluding hydrogens is 457 g/mol. The molecule has 1 atom stereocenters. The summed E-state index contributed by atoms with van der Waals surface area (Å²) in [6, 6.07) is 24.9. The molecule has 1 amide bonds. The minimum Gasteiger partial charge on any atom is -0.324 e. The van der Waals surface area contributed by atoms with E-state index in [1.807, 2.05) is 79.7 Å². The topological polar surface area (TPSA) is 71.8 Å². The SMILES string of the molecule is Cc1cccc(C(=O)Nc2nc3n(n2)C(c2ccccc2)C=C(c2ccc(Cl)cc2)N3)c1.Cl. The van der Waals surface area contributed by atoms with Gasteiger partial charge in [0, 0.05) is 16.3 Å². The lowest BCUT2D eigenvalue weighted by Crippen LogP contribution is -2.20. The number of aryl methyl sites for hydroxylation is 1. The predicted octanol–water partition coefficient (Wildman–Crippen LogP) is 5.97. The summed E-state index contributed by atoms with van der Waals surface area (Å²) in [5.41, 5.74) is 4.51. The molecule has 1 aromatic heterocycles. The molecule has 4 aromatic rings. The van der Waals surface area contributed by atoms with Gasteiger partial charge in [0.25, 0.3) is 11.9 Å². The number of rotatable bonds is 4. The smallest absolute Gasteiger partial charge is 0.258 e. The second-order valence-electron chi connectivity index (χ2n) is 7.59. The number of carbonyl (C=O) groups is 1. The van der Waals surface area contributed by atoms with Crippen molar-refractivity contribution in [3.8, 4) is 0 Å². The summed E-state index contributed by atoms with van der Waals surface area (Å²) < 4.78 is 1.78. The monoisotopic (exact) mass is 477 g/mol. The van der Waals surface area contributed by atoms with E-state index in [1.54, 1.807) is 10.7 Å². The normalized spacial score (nSPS) is 14.4. The number of aromatic nitrogens is 3. The fraction of sp³-hybridized carbons (Fsp3) is 0.0800. The Morgan fingerprint density at radius 1 is 1.03 bits per heavy atom. The lowest BCUT2D eigenvalue weighted by Gasteiger charge is -2.24. The van der Waals surface area contributed by atoms with E-state index >= 15 is 0 Å². The van der Waals surface area contributed by atoms with E-state index in [4.69, 9.17) is 11.6 Å². The van der Waals surface area contributed by atoms with Crippen LogP contribution in [0.2, 0.25) is 5.02 Å². The van der Waals surface area contributed by atoms with Gasteiger partial charge in [-0.1, -0.05) is 71.8 Å². The number of fused-ring (bicyclic) bond motifs is 1. The molecule has 2 heterocycles. The average molecular weight is 478 g/mol. The van der Waals surface area contributed by atoms with E-state index in [-0.39, 0.29) is 30.3 Å². The number of hydrogen-bond acceptors (Lipinski definition) is 4. The van der Waals surface area contributed by atoms with Crippen molar-refractivity contribution >= 4 is 47.5 Å². The van der Waals surface area contributed by atoms with E-state index in [9.17, 15) is 4.79 Å². The summed E-state index contributed by atoms with van der Waals surface area (Å²) in [4.78, 5) is 17.3. The van der Waals surface area contributed by atoms with Gasteiger partial charge < -0.3 is 5.32 Å². The predicted molar refractivity (Wildman–Crippen MR) is 134 cm³/mol. The Labute approximate surface area is 202 Å². The molecular formula is C25H21Cl2N5O. The lowest BCUT2D eigenvalue weighted by atomic mass is 10.0. The van der Waals surface area contributed by atoms with Crippen LogP contribution in [0.4, 0.5) is 11.9 Å². The molecule has 0 spiro atoms. The standard InChI is InChI=1S/C25H20ClN5O.ClH/c1-16-6-5-9-19(14-16)23(32)28-24-29-25-27-21(17-10-12-20(26)13-11-17)15-22(31(25)30-24)18-7-3-2-4-8-18;/h2-15,22H,1H3,(H2,27,28,29,30,32);1H. The Kier molecular flexibility index (Phi) is 6.49. The van der Waals surface area contributed by atoms with E-state index in [2.05, 4.69) is 26.8 Å². The average Bonchev–Trinajstić information content (AvgIpc) is 3.21. The molecule has 0 saturated heterocycles. The van der Waals surface area contributed by atoms with Crippen LogP contribution in [0.25, 0.3) is 5.70 Å². The minimum absolute atomic E-state index is 0. The molecule has 1 unspecified atom stereocenters. The molecule has 6 nitrogen and oxygen atoms in total. The van der Waals surface area contributed by atoms with Crippen LogP contribution in [-0.4, -0.2) is 20.7 Å². The largest absolute Gasteiger partial charge is 0.324 e. The number of hydrogen-bond donors (Lipinski definition) is 2. The molecule has 0 aliphatic carbocycles. The molecule has 1 aliphatic heterocycles. The van der Waals surface area contributed by atoms with Crippen molar-refractivity contribution < 1.29 is 4.79 Å². The second kappa shape index (κ2) is 9.48. The third kappa shape index (κ3) is 4.77. The summed E-state index contributed by atoms with van der Waals surface area (Å²) in [5, 5.41) is 11.4. The molecule has 0 radical (unpaired) electrons. The lowest BCUT2D eigenvalue weighted by molar-refractivity contribution is 0.102. The number of nitrogens with zero attached hydrogens (tertiary/aromatic N) is 3. The van der Waals surface area contributed by atoms with Gasteiger partial charge in [-0.2, -0.15) is 4.98 Å². The first kappa shape index (κ1) is 22.6. The first-order valence-corrected chi connectivity index (χ1v) is 10.6. The van der Waals surface area contributed by atoms with Crippen LogP contribution >= 0.6 is 24.0 Å². The van der Waals surface area contributed by atoms with Crippen molar-refractivity contribution in [2.45, 2.75) is 13.0 Å². The molecule has 33 heavy (non-hydrogen) atoms. The van der Waals surface area contributed by atoms with Crippen molar-refractivity contribution in [2.24, 2.45) is 0 Å². The number of carbonyl (C=O) groups excluding carboxylic acids is 1. The highest BCUT2D eigenvalue weighted by Gasteiger charge is 2.26. The van der Waals surface area contributed by atoms with Crippen molar-refractivity contribution in [3.05, 3.63) is 112 Å². The fourth-order valence-electron chi connectivity index (χ4n) is 3.69. The molecule has 8 heteroatoms. The maximum absolute atomic E-state index is 12.7. The van der Waals surface area contributed by atoms with Gasteiger partial charge in [0.1, 0.15) is 6.04 Å². The Bertz CT molecular complexity index is 1320. The molecule has 2 N–H and O–H groups in total. The molecule has 0 fully saturated rings. The maximum atomic E-state index is 12.7. The number of anilines is 2. The highest BCUT2D eigenvalue weighted by atomic mass is 35.5. The summed E-state index contributed by atoms with van der Waals surface area (Å²) in [7, 11) is 0. The van der Waals surface area contributed by atoms with Crippen LogP contribution in [0.15, 0.2) is 84.9 Å². The Morgan fingerprint density at radius 2 is 1.79 bits per heavy atom. The zero-order valence-electron chi connectivity index (χ0n) is 17.7. The number of amides is 1. The van der Waals surface area contributed by atoms with Crippen molar-refractivity contribution in [2.75, 3.05) is 10.6 Å². The van der Waals surface area contributed by atoms with Crippen LogP contribution in [0.5, 0.6) is 0 Å². The van der Waals surface area contributed by atoms with E-state index in [0.717, 1.165) is 22.4 Å². The molecule has 3 aromatic carbocycles. The van der Waals surface area contributed by atoms with Crippen molar-refractivity contribution in [1.82, 2.24) is 14.8 Å². The third-order valence-electron chi connectivity index (χ3n) is 5.27. The number of halogens is 2. The van der Waals surface area contributed by atoms with Gasteiger partial charge in [0.15, 0.2) is 0 Å². The summed E-state index contributed by atoms with van der Waals surface area (Å²) in [6.07, 6.45) is 2.09. The van der Waals surface area contributed by atoms with Gasteiger partial charge in [0.05, 0.1) is 0 Å². The molecule has 166 valence electrons. The van der Waals surface area contributed by atoms with Crippen molar-refractivity contribution in [1.29, 1.82) is 0 Å². The van der Waals surface area contributed by atoms with Crippen molar-refractivity contribution in [3.63, 3.8) is 0 Å². The molecule has 0 bridgehead atoms. The van der Waals surface area contributed by atoms with Gasteiger partial charge >= 0.3 is 0 Å². The number of benzene rings is 3. The highest BCUT2D eigenvalue weighted by molar-refractivity contribution is 6.30. The Balaban J connectivity index is 0.00000259. The van der Waals surface area contributed by atoms with Gasteiger partial charge in [-0.05, 0) is 48.4 Å². The fourth-order valence-corrected chi connectivity index (χ4v) is 3.82.